The SMILES string of the molecule is CCCCNc1ccc(C(=O)N[C@@H](CC(C)C)C(=O)NCC#N)cc1. The molecule has 1 rings (SSSR count). The molecule has 25 heavy (non-hydrogen) atoms. The first kappa shape index (κ1) is 20.5. The summed E-state index contributed by atoms with van der Waals surface area (Å²) < 4.78 is 0. The summed E-state index contributed by atoms with van der Waals surface area (Å²) in [4.78, 5) is 24.5. The maximum absolute atomic E-state index is 12.4. The molecule has 1 atom stereocenters. The molecule has 6 nitrogen and oxygen atoms in total. The number of nitriles is 1. The van der Waals surface area contributed by atoms with Gasteiger partial charge in [-0.2, -0.15) is 5.26 Å². The van der Waals surface area contributed by atoms with E-state index in [9.17, 15) is 9.59 Å². The van der Waals surface area contributed by atoms with E-state index in [1.807, 2.05) is 32.0 Å². The van der Waals surface area contributed by atoms with Gasteiger partial charge < -0.3 is 16.0 Å². The van der Waals surface area contributed by atoms with Gasteiger partial charge in [-0.05, 0) is 43.0 Å². The molecule has 6 heteroatoms. The largest absolute Gasteiger partial charge is 0.385 e. The molecular weight excluding hydrogens is 316 g/mol. The van der Waals surface area contributed by atoms with Crippen molar-refractivity contribution in [3.8, 4) is 6.07 Å². The highest BCUT2D eigenvalue weighted by Gasteiger charge is 2.22. The van der Waals surface area contributed by atoms with Crippen molar-refractivity contribution in [3.05, 3.63) is 29.8 Å². The fourth-order valence-corrected chi connectivity index (χ4v) is 2.34. The molecule has 0 saturated carbocycles. The maximum Gasteiger partial charge on any atom is 0.251 e. The zero-order chi connectivity index (χ0) is 18.7. The van der Waals surface area contributed by atoms with Crippen molar-refractivity contribution >= 4 is 17.5 Å². The standard InChI is InChI=1S/C19H28N4O2/c1-4-5-11-21-16-8-6-15(7-9-16)18(24)23-17(13-14(2)3)19(25)22-12-10-20/h6-9,14,17,21H,4-5,11-13H2,1-3H3,(H,22,25)(H,23,24)/t17-/m0/s1. The molecule has 1 aromatic carbocycles. The highest BCUT2D eigenvalue weighted by molar-refractivity contribution is 5.97. The van der Waals surface area contributed by atoms with Crippen LogP contribution in [0.25, 0.3) is 0 Å². The predicted molar refractivity (Wildman–Crippen MR) is 99.2 cm³/mol. The van der Waals surface area contributed by atoms with Crippen LogP contribution in [-0.4, -0.2) is 30.9 Å². The van der Waals surface area contributed by atoms with Crippen molar-refractivity contribution in [1.82, 2.24) is 10.6 Å². The van der Waals surface area contributed by atoms with Gasteiger partial charge in [0.05, 0.1) is 6.07 Å². The van der Waals surface area contributed by atoms with E-state index in [1.165, 1.54) is 0 Å². The topological polar surface area (TPSA) is 94.0 Å². The van der Waals surface area contributed by atoms with Gasteiger partial charge in [0.2, 0.25) is 5.91 Å². The van der Waals surface area contributed by atoms with Gasteiger partial charge in [0.1, 0.15) is 12.6 Å². The second-order valence-corrected chi connectivity index (χ2v) is 6.39. The Balaban J connectivity index is 2.69. The number of carbonyl (C=O) groups is 2. The summed E-state index contributed by atoms with van der Waals surface area (Å²) in [6.07, 6.45) is 2.73. The molecule has 0 spiro atoms. The smallest absolute Gasteiger partial charge is 0.251 e. The number of amides is 2. The molecule has 0 bridgehead atoms. The third kappa shape index (κ3) is 7.71. The number of benzene rings is 1. The Labute approximate surface area is 150 Å². The zero-order valence-electron chi connectivity index (χ0n) is 15.3. The van der Waals surface area contributed by atoms with Crippen LogP contribution in [-0.2, 0) is 4.79 Å². The summed E-state index contributed by atoms with van der Waals surface area (Å²) in [5.74, 6) is -0.386. The Hall–Kier alpha value is -2.55. The molecule has 0 heterocycles. The quantitative estimate of drug-likeness (QED) is 0.449. The average Bonchev–Trinajstić information content (AvgIpc) is 2.59. The van der Waals surface area contributed by atoms with Gasteiger partial charge in [-0.1, -0.05) is 27.2 Å². The Morgan fingerprint density at radius 1 is 1.20 bits per heavy atom. The minimum atomic E-state index is -0.650. The number of hydrogen-bond acceptors (Lipinski definition) is 4. The fourth-order valence-electron chi connectivity index (χ4n) is 2.34. The van der Waals surface area contributed by atoms with Gasteiger partial charge in [-0.25, -0.2) is 0 Å². The minimum Gasteiger partial charge on any atom is -0.385 e. The van der Waals surface area contributed by atoms with Crippen LogP contribution >= 0.6 is 0 Å². The molecule has 136 valence electrons. The molecule has 1 aromatic rings. The van der Waals surface area contributed by atoms with Crippen molar-refractivity contribution in [1.29, 1.82) is 5.26 Å². The van der Waals surface area contributed by atoms with Crippen LogP contribution in [0.2, 0.25) is 0 Å². The molecule has 0 aliphatic heterocycles. The maximum atomic E-state index is 12.4. The van der Waals surface area contributed by atoms with E-state index in [0.717, 1.165) is 25.1 Å². The minimum absolute atomic E-state index is 0.0680. The van der Waals surface area contributed by atoms with E-state index in [-0.39, 0.29) is 24.3 Å². The van der Waals surface area contributed by atoms with Crippen LogP contribution in [0.15, 0.2) is 24.3 Å². The van der Waals surface area contributed by atoms with Gasteiger partial charge >= 0.3 is 0 Å². The first-order chi connectivity index (χ1) is 12.0. The monoisotopic (exact) mass is 344 g/mol. The second kappa shape index (κ2) is 11.1. The summed E-state index contributed by atoms with van der Waals surface area (Å²) in [6.45, 7) is 6.93. The van der Waals surface area contributed by atoms with Gasteiger partial charge in [0.15, 0.2) is 0 Å². The lowest BCUT2D eigenvalue weighted by Gasteiger charge is -2.19. The van der Waals surface area contributed by atoms with E-state index < -0.39 is 6.04 Å². The van der Waals surface area contributed by atoms with Crippen molar-refractivity contribution in [3.63, 3.8) is 0 Å². The number of rotatable bonds is 10. The Kier molecular flexibility index (Phi) is 9.09. The van der Waals surface area contributed by atoms with E-state index in [2.05, 4.69) is 22.9 Å². The predicted octanol–water partition coefficient (Wildman–Crippen LogP) is 2.68. The Morgan fingerprint density at radius 2 is 1.88 bits per heavy atom. The van der Waals surface area contributed by atoms with Crippen LogP contribution in [0, 0.1) is 17.2 Å². The van der Waals surface area contributed by atoms with Crippen LogP contribution in [0.5, 0.6) is 0 Å². The van der Waals surface area contributed by atoms with Crippen LogP contribution < -0.4 is 16.0 Å². The van der Waals surface area contributed by atoms with E-state index >= 15 is 0 Å². The Bertz CT molecular complexity index is 590. The van der Waals surface area contributed by atoms with Crippen molar-refractivity contribution in [2.75, 3.05) is 18.4 Å². The molecule has 0 unspecified atom stereocenters. The van der Waals surface area contributed by atoms with Gasteiger partial charge in [-0.15, -0.1) is 0 Å². The number of nitrogens with one attached hydrogen (secondary N) is 3. The number of unbranched alkanes of at least 4 members (excludes halogenated alkanes) is 1. The van der Waals surface area contributed by atoms with Gasteiger partial charge in [-0.3, -0.25) is 9.59 Å². The average molecular weight is 344 g/mol. The number of hydrogen-bond donors (Lipinski definition) is 3. The van der Waals surface area contributed by atoms with Crippen molar-refractivity contribution in [2.24, 2.45) is 5.92 Å². The lowest BCUT2D eigenvalue weighted by atomic mass is 10.0. The van der Waals surface area contributed by atoms with Gasteiger partial charge in [0, 0.05) is 17.8 Å². The summed E-state index contributed by atoms with van der Waals surface area (Å²) in [6, 6.07) is 8.41. The van der Waals surface area contributed by atoms with E-state index in [4.69, 9.17) is 5.26 Å². The van der Waals surface area contributed by atoms with Gasteiger partial charge in [0.25, 0.3) is 5.91 Å². The molecule has 0 radical (unpaired) electrons. The third-order valence-electron chi connectivity index (χ3n) is 3.68. The summed E-state index contributed by atoms with van der Waals surface area (Å²) in [5.41, 5.74) is 1.47. The van der Waals surface area contributed by atoms with Crippen LogP contribution in [0.1, 0.15) is 50.4 Å². The summed E-state index contributed by atoms with van der Waals surface area (Å²) in [5, 5.41) is 17.1. The number of nitrogens with zero attached hydrogens (tertiary/aromatic N) is 1. The molecule has 0 aromatic heterocycles. The van der Waals surface area contributed by atoms with Crippen LogP contribution in [0.3, 0.4) is 0 Å². The lowest BCUT2D eigenvalue weighted by Crippen LogP contribution is -2.47. The molecule has 3 N–H and O–H groups in total. The molecule has 0 saturated heterocycles. The highest BCUT2D eigenvalue weighted by atomic mass is 16.2. The lowest BCUT2D eigenvalue weighted by molar-refractivity contribution is -0.123. The van der Waals surface area contributed by atoms with E-state index in [1.54, 1.807) is 12.1 Å². The number of anilines is 1. The summed E-state index contributed by atoms with van der Waals surface area (Å²) in [7, 11) is 0. The van der Waals surface area contributed by atoms with Crippen molar-refractivity contribution in [2.45, 2.75) is 46.1 Å². The number of carbonyl (C=O) groups excluding carboxylic acids is 2. The molecular formula is C19H28N4O2. The summed E-state index contributed by atoms with van der Waals surface area (Å²) >= 11 is 0. The molecule has 0 aliphatic carbocycles. The fraction of sp³-hybridized carbons (Fsp3) is 0.526. The zero-order valence-corrected chi connectivity index (χ0v) is 15.3. The normalized spacial score (nSPS) is 11.5. The van der Waals surface area contributed by atoms with Crippen LogP contribution in [0.4, 0.5) is 5.69 Å². The molecule has 0 fully saturated rings. The Morgan fingerprint density at radius 3 is 2.44 bits per heavy atom. The third-order valence-corrected chi connectivity index (χ3v) is 3.68. The van der Waals surface area contributed by atoms with E-state index in [0.29, 0.717) is 12.0 Å². The molecule has 0 aliphatic rings. The first-order valence-corrected chi connectivity index (χ1v) is 8.77. The highest BCUT2D eigenvalue weighted by Crippen LogP contribution is 2.11. The molecule has 2 amide bonds. The second-order valence-electron chi connectivity index (χ2n) is 6.39. The first-order valence-electron chi connectivity index (χ1n) is 8.77. The van der Waals surface area contributed by atoms with Crippen molar-refractivity contribution < 1.29 is 9.59 Å².